The van der Waals surface area contributed by atoms with Crippen molar-refractivity contribution >= 4 is 17.9 Å². The molecule has 1 fully saturated rings. The fourth-order valence-electron chi connectivity index (χ4n) is 4.48. The Hall–Kier alpha value is -4.15. The van der Waals surface area contributed by atoms with Gasteiger partial charge in [-0.15, -0.1) is 0 Å². The van der Waals surface area contributed by atoms with Crippen LogP contribution in [0.4, 0.5) is 4.79 Å². The van der Waals surface area contributed by atoms with Crippen molar-refractivity contribution in [2.24, 2.45) is 0 Å². The molecule has 212 valence electrons. The van der Waals surface area contributed by atoms with Gasteiger partial charge in [-0.1, -0.05) is 0 Å². The second kappa shape index (κ2) is 13.6. The third kappa shape index (κ3) is 6.65. The molecule has 1 saturated heterocycles. The molecule has 1 atom stereocenters. The van der Waals surface area contributed by atoms with E-state index in [2.05, 4.69) is 0 Å². The minimum Gasteiger partial charge on any atom is -0.493 e. The van der Waals surface area contributed by atoms with E-state index in [4.69, 9.17) is 23.7 Å². The molecule has 1 unspecified atom stereocenters. The van der Waals surface area contributed by atoms with Gasteiger partial charge in [0, 0.05) is 43.9 Å². The Morgan fingerprint density at radius 3 is 1.77 bits per heavy atom. The van der Waals surface area contributed by atoms with E-state index in [0.29, 0.717) is 53.8 Å². The first kappa shape index (κ1) is 29.4. The summed E-state index contributed by atoms with van der Waals surface area (Å²) in [5, 5.41) is 0. The largest absolute Gasteiger partial charge is 0.493 e. The van der Waals surface area contributed by atoms with Crippen LogP contribution in [0.2, 0.25) is 0 Å². The fourth-order valence-corrected chi connectivity index (χ4v) is 4.48. The highest BCUT2D eigenvalue weighted by Gasteiger charge is 2.35. The number of methoxy groups -OCH3 is 4. The molecule has 0 spiro atoms. The van der Waals surface area contributed by atoms with E-state index >= 15 is 0 Å². The van der Waals surface area contributed by atoms with Crippen LogP contribution in [0.15, 0.2) is 36.4 Å². The van der Waals surface area contributed by atoms with E-state index in [0.717, 1.165) is 0 Å². The van der Waals surface area contributed by atoms with Gasteiger partial charge in [0.25, 0.3) is 11.8 Å². The van der Waals surface area contributed by atoms with Crippen LogP contribution in [0.3, 0.4) is 0 Å². The van der Waals surface area contributed by atoms with Crippen LogP contribution < -0.4 is 18.9 Å². The molecular weight excluding hydrogens is 506 g/mol. The standard InChI is InChI=1S/C28H37N3O8/c1-7-29(8-2)28(34)39-18-21-17-30(26(32)19-9-11-22(35-3)24(15-19)37-5)13-14-31(21)27(33)20-10-12-23(36-4)25(16-20)38-6/h9-12,15-16,21H,7-8,13-14,17-18H2,1-6H3. The minimum atomic E-state index is -0.567. The maximum atomic E-state index is 13.6. The molecule has 11 nitrogen and oxygen atoms in total. The monoisotopic (exact) mass is 543 g/mol. The number of hydrogen-bond donors (Lipinski definition) is 0. The summed E-state index contributed by atoms with van der Waals surface area (Å²) in [7, 11) is 6.05. The van der Waals surface area contributed by atoms with Gasteiger partial charge < -0.3 is 38.4 Å². The lowest BCUT2D eigenvalue weighted by Crippen LogP contribution is -2.58. The van der Waals surface area contributed by atoms with Crippen LogP contribution in [0.5, 0.6) is 23.0 Å². The van der Waals surface area contributed by atoms with Gasteiger partial charge in [0.15, 0.2) is 23.0 Å². The predicted molar refractivity (Wildman–Crippen MR) is 144 cm³/mol. The van der Waals surface area contributed by atoms with E-state index in [1.165, 1.54) is 28.4 Å². The summed E-state index contributed by atoms with van der Waals surface area (Å²) in [6, 6.07) is 9.33. The fraction of sp³-hybridized carbons (Fsp3) is 0.464. The van der Waals surface area contributed by atoms with Crippen LogP contribution in [-0.2, 0) is 4.74 Å². The average molecular weight is 544 g/mol. The van der Waals surface area contributed by atoms with Crippen LogP contribution in [-0.4, -0.2) is 106 Å². The first-order chi connectivity index (χ1) is 18.8. The summed E-state index contributed by atoms with van der Waals surface area (Å²) in [6.07, 6.45) is -0.471. The molecule has 2 aromatic rings. The summed E-state index contributed by atoms with van der Waals surface area (Å²) in [5.74, 6) is 1.39. The van der Waals surface area contributed by atoms with Crippen molar-refractivity contribution < 1.29 is 38.1 Å². The summed E-state index contributed by atoms with van der Waals surface area (Å²) in [6.45, 7) is 5.38. The molecule has 1 heterocycles. The summed E-state index contributed by atoms with van der Waals surface area (Å²) in [4.78, 5) is 44.5. The maximum Gasteiger partial charge on any atom is 0.409 e. The molecule has 0 radical (unpaired) electrons. The van der Waals surface area contributed by atoms with Gasteiger partial charge in [-0.3, -0.25) is 9.59 Å². The predicted octanol–water partition coefficient (Wildman–Crippen LogP) is 3.17. The number of benzene rings is 2. The number of ether oxygens (including phenoxy) is 5. The van der Waals surface area contributed by atoms with Crippen molar-refractivity contribution in [3.63, 3.8) is 0 Å². The van der Waals surface area contributed by atoms with Crippen molar-refractivity contribution in [3.8, 4) is 23.0 Å². The van der Waals surface area contributed by atoms with Gasteiger partial charge in [-0.2, -0.15) is 0 Å². The molecule has 3 rings (SSSR count). The van der Waals surface area contributed by atoms with Crippen LogP contribution >= 0.6 is 0 Å². The van der Waals surface area contributed by atoms with Gasteiger partial charge in [-0.05, 0) is 50.2 Å². The second-order valence-corrected chi connectivity index (χ2v) is 8.79. The molecule has 2 aromatic carbocycles. The van der Waals surface area contributed by atoms with Crippen LogP contribution in [0, 0.1) is 0 Å². The van der Waals surface area contributed by atoms with E-state index in [1.54, 1.807) is 51.1 Å². The second-order valence-electron chi connectivity index (χ2n) is 8.79. The Morgan fingerprint density at radius 2 is 1.28 bits per heavy atom. The number of piperazine rings is 1. The topological polar surface area (TPSA) is 107 Å². The lowest BCUT2D eigenvalue weighted by molar-refractivity contribution is 0.0184. The molecule has 11 heteroatoms. The summed E-state index contributed by atoms with van der Waals surface area (Å²) in [5.41, 5.74) is 0.818. The zero-order valence-corrected chi connectivity index (χ0v) is 23.4. The van der Waals surface area contributed by atoms with Crippen molar-refractivity contribution in [1.82, 2.24) is 14.7 Å². The van der Waals surface area contributed by atoms with Gasteiger partial charge in [0.05, 0.1) is 34.5 Å². The highest BCUT2D eigenvalue weighted by molar-refractivity contribution is 5.97. The number of nitrogens with zero attached hydrogens (tertiary/aromatic N) is 3. The first-order valence-corrected chi connectivity index (χ1v) is 12.8. The minimum absolute atomic E-state index is 0.0654. The molecule has 1 aliphatic heterocycles. The SMILES string of the molecule is CCN(CC)C(=O)OCC1CN(C(=O)c2ccc(OC)c(OC)c2)CCN1C(=O)c1ccc(OC)c(OC)c1. The van der Waals surface area contributed by atoms with Crippen molar-refractivity contribution in [3.05, 3.63) is 47.5 Å². The van der Waals surface area contributed by atoms with Crippen molar-refractivity contribution in [1.29, 1.82) is 0 Å². The van der Waals surface area contributed by atoms with Gasteiger partial charge in [0.2, 0.25) is 0 Å². The number of hydrogen-bond acceptors (Lipinski definition) is 8. The number of carbonyl (C=O) groups is 3. The zero-order chi connectivity index (χ0) is 28.5. The Kier molecular flexibility index (Phi) is 10.2. The van der Waals surface area contributed by atoms with E-state index in [1.807, 2.05) is 13.8 Å². The number of carbonyl (C=O) groups excluding carboxylic acids is 3. The maximum absolute atomic E-state index is 13.6. The van der Waals surface area contributed by atoms with Gasteiger partial charge in [-0.25, -0.2) is 4.79 Å². The Morgan fingerprint density at radius 1 is 0.769 bits per heavy atom. The third-order valence-electron chi connectivity index (χ3n) is 6.71. The quantitative estimate of drug-likeness (QED) is 0.450. The highest BCUT2D eigenvalue weighted by Crippen LogP contribution is 2.30. The summed E-state index contributed by atoms with van der Waals surface area (Å²) >= 11 is 0. The molecular formula is C28H37N3O8. The molecule has 39 heavy (non-hydrogen) atoms. The third-order valence-corrected chi connectivity index (χ3v) is 6.71. The Balaban J connectivity index is 1.86. The number of amides is 3. The molecule has 0 saturated carbocycles. The van der Waals surface area contributed by atoms with E-state index in [-0.39, 0.29) is 31.5 Å². The van der Waals surface area contributed by atoms with Crippen molar-refractivity contribution in [2.75, 3.05) is 67.8 Å². The lowest BCUT2D eigenvalue weighted by Gasteiger charge is -2.41. The molecule has 0 N–H and O–H groups in total. The average Bonchev–Trinajstić information content (AvgIpc) is 2.98. The van der Waals surface area contributed by atoms with Crippen LogP contribution in [0.1, 0.15) is 34.6 Å². The van der Waals surface area contributed by atoms with E-state index in [9.17, 15) is 14.4 Å². The molecule has 0 bridgehead atoms. The highest BCUT2D eigenvalue weighted by atomic mass is 16.6. The molecule has 3 amide bonds. The molecule has 0 aromatic heterocycles. The Labute approximate surface area is 229 Å². The lowest BCUT2D eigenvalue weighted by atomic mass is 10.1. The van der Waals surface area contributed by atoms with Gasteiger partial charge in [0.1, 0.15) is 6.61 Å². The normalized spacial score (nSPS) is 14.9. The zero-order valence-electron chi connectivity index (χ0n) is 23.4. The number of rotatable bonds is 10. The van der Waals surface area contributed by atoms with Crippen LogP contribution in [0.25, 0.3) is 0 Å². The molecule has 0 aliphatic carbocycles. The summed E-state index contributed by atoms with van der Waals surface area (Å²) < 4.78 is 26.9. The van der Waals surface area contributed by atoms with Crippen molar-refractivity contribution in [2.45, 2.75) is 19.9 Å². The van der Waals surface area contributed by atoms with E-state index < -0.39 is 12.1 Å². The first-order valence-electron chi connectivity index (χ1n) is 12.8. The Bertz CT molecular complexity index is 1170. The molecule has 1 aliphatic rings. The smallest absolute Gasteiger partial charge is 0.409 e. The van der Waals surface area contributed by atoms with Gasteiger partial charge >= 0.3 is 6.09 Å².